The van der Waals surface area contributed by atoms with Crippen LogP contribution in [0.4, 0.5) is 11.4 Å². The molecule has 2 aromatic carbocycles. The number of piperazine rings is 1. The van der Waals surface area contributed by atoms with Gasteiger partial charge in [-0.05, 0) is 82.3 Å². The lowest BCUT2D eigenvalue weighted by molar-refractivity contribution is -0.132. The molecule has 2 saturated heterocycles. The van der Waals surface area contributed by atoms with Gasteiger partial charge in [-0.3, -0.25) is 19.3 Å². The summed E-state index contributed by atoms with van der Waals surface area (Å²) in [6.07, 6.45) is 2.90. The van der Waals surface area contributed by atoms with Gasteiger partial charge in [0.25, 0.3) is 0 Å². The zero-order valence-electron chi connectivity index (χ0n) is 28.3. The van der Waals surface area contributed by atoms with E-state index in [1.165, 1.54) is 19.1 Å². The first-order chi connectivity index (χ1) is 23.4. The molecule has 1 aromatic heterocycles. The Labute approximate surface area is 285 Å². The Hall–Kier alpha value is -5.24. The molecule has 3 aromatic rings. The van der Waals surface area contributed by atoms with Gasteiger partial charge in [0.15, 0.2) is 12.0 Å². The van der Waals surface area contributed by atoms with Crippen LogP contribution in [0.3, 0.4) is 0 Å². The maximum Gasteiger partial charge on any atom is 0.339 e. The number of nitrogens with zero attached hydrogens (tertiary/aromatic N) is 6. The summed E-state index contributed by atoms with van der Waals surface area (Å²) in [5.74, 6) is -0.897. The van der Waals surface area contributed by atoms with Gasteiger partial charge in [-0.25, -0.2) is 20.3 Å². The average molecular weight is 670 g/mol. The highest BCUT2D eigenvalue weighted by Gasteiger charge is 2.32. The number of hydrogen-bond acceptors (Lipinski definition) is 11. The van der Waals surface area contributed by atoms with Gasteiger partial charge in [-0.1, -0.05) is 0 Å². The van der Waals surface area contributed by atoms with Crippen LogP contribution >= 0.6 is 0 Å². The number of esters is 1. The molecule has 0 radical (unpaired) electrons. The summed E-state index contributed by atoms with van der Waals surface area (Å²) in [4.78, 5) is 66.0. The first-order valence-corrected chi connectivity index (χ1v) is 16.3. The van der Waals surface area contributed by atoms with Crippen LogP contribution in [-0.4, -0.2) is 94.9 Å². The Bertz CT molecular complexity index is 1670. The smallest absolute Gasteiger partial charge is 0.339 e. The lowest BCUT2D eigenvalue weighted by atomic mass is 10.0. The number of nitrogens with one attached hydrogen (secondary N) is 3. The number of benzene rings is 2. The molecule has 3 amide bonds. The molecule has 258 valence electrons. The summed E-state index contributed by atoms with van der Waals surface area (Å²) in [6, 6.07) is 14.5. The van der Waals surface area contributed by atoms with Crippen molar-refractivity contribution in [3.8, 4) is 11.4 Å². The molecular weight excluding hydrogens is 626 g/mol. The molecule has 5 rings (SSSR count). The normalized spacial score (nSPS) is 17.3. The highest BCUT2D eigenvalue weighted by molar-refractivity contribution is 5.96. The van der Waals surface area contributed by atoms with Crippen molar-refractivity contribution in [2.45, 2.75) is 45.9 Å². The minimum atomic E-state index is -1.14. The van der Waals surface area contributed by atoms with Crippen LogP contribution in [-0.2, 0) is 19.1 Å². The zero-order valence-corrected chi connectivity index (χ0v) is 28.3. The van der Waals surface area contributed by atoms with Gasteiger partial charge in [0, 0.05) is 74.5 Å². The van der Waals surface area contributed by atoms with Gasteiger partial charge in [0.1, 0.15) is 5.60 Å². The Kier molecular flexibility index (Phi) is 11.0. The lowest BCUT2D eigenvalue weighted by Gasteiger charge is -2.36. The van der Waals surface area contributed by atoms with E-state index in [1.807, 2.05) is 21.9 Å². The molecular formula is C35H43N9O5. The van der Waals surface area contributed by atoms with E-state index >= 15 is 0 Å². The molecule has 14 heteroatoms. The summed E-state index contributed by atoms with van der Waals surface area (Å²) in [6.45, 7) is 10.5. The van der Waals surface area contributed by atoms with Gasteiger partial charge in [-0.15, -0.1) is 0 Å². The van der Waals surface area contributed by atoms with Gasteiger partial charge in [-0.2, -0.15) is 5.11 Å². The summed E-state index contributed by atoms with van der Waals surface area (Å²) < 4.78 is 5.51. The number of anilines is 2. The molecule has 0 saturated carbocycles. The molecule has 2 atom stereocenters. The number of ether oxygens (including phenoxy) is 1. The number of aromatic nitrogens is 2. The maximum absolute atomic E-state index is 13.3. The number of carbonyl (C=O) groups is 4. The third kappa shape index (κ3) is 9.22. The number of carbonyl (C=O) groups excluding carboxylic acids is 4. The standard InChI is InChI=1S/C35H43N9O5/c1-23(45)39-32(41-36)29-20-26(8-11-28(29)34(48)49-35(2,3)4)40-33(47)25-12-15-42(21-25)22-30(46)44-18-16-43(17-19-44)27-9-6-24(7-10-27)31-37-13-5-14-38-31/h5-11,13-14,20,25,32,36H,12,15-19,21-22H2,1-4H3,(H,39,45)(H,40,47)/t25-,32?/m1/s1. The Morgan fingerprint density at radius 1 is 1.00 bits per heavy atom. The molecule has 0 bridgehead atoms. The van der Waals surface area contributed by atoms with E-state index in [1.54, 1.807) is 45.3 Å². The summed E-state index contributed by atoms with van der Waals surface area (Å²) in [5, 5.41) is 8.94. The predicted molar refractivity (Wildman–Crippen MR) is 183 cm³/mol. The van der Waals surface area contributed by atoms with Crippen LogP contribution in [0.2, 0.25) is 0 Å². The minimum Gasteiger partial charge on any atom is -0.456 e. The predicted octanol–water partition coefficient (Wildman–Crippen LogP) is 3.87. The largest absolute Gasteiger partial charge is 0.456 e. The number of hydrogen-bond donors (Lipinski definition) is 3. The van der Waals surface area contributed by atoms with Crippen molar-refractivity contribution >= 4 is 35.1 Å². The number of rotatable bonds is 10. The van der Waals surface area contributed by atoms with E-state index in [4.69, 9.17) is 10.3 Å². The van der Waals surface area contributed by atoms with E-state index in [2.05, 4.69) is 42.7 Å². The second-order valence-corrected chi connectivity index (χ2v) is 13.2. The fourth-order valence-corrected chi connectivity index (χ4v) is 5.97. The molecule has 2 fully saturated rings. The Balaban J connectivity index is 1.13. The molecule has 3 heterocycles. The van der Waals surface area contributed by atoms with Crippen molar-refractivity contribution in [2.75, 3.05) is 56.0 Å². The third-order valence-corrected chi connectivity index (χ3v) is 8.39. The monoisotopic (exact) mass is 669 g/mol. The molecule has 2 aliphatic heterocycles. The van der Waals surface area contributed by atoms with Gasteiger partial charge >= 0.3 is 5.97 Å². The van der Waals surface area contributed by atoms with Crippen molar-refractivity contribution < 1.29 is 23.9 Å². The van der Waals surface area contributed by atoms with E-state index in [-0.39, 0.29) is 35.4 Å². The highest BCUT2D eigenvalue weighted by Crippen LogP contribution is 2.27. The first-order valence-electron chi connectivity index (χ1n) is 16.3. The average Bonchev–Trinajstić information content (AvgIpc) is 3.55. The second-order valence-electron chi connectivity index (χ2n) is 13.2. The molecule has 2 aliphatic rings. The number of likely N-dealkylation sites (tertiary alicyclic amines) is 1. The minimum absolute atomic E-state index is 0.0443. The van der Waals surface area contributed by atoms with E-state index in [0.717, 1.165) is 24.3 Å². The Morgan fingerprint density at radius 2 is 1.69 bits per heavy atom. The topological polar surface area (TPSA) is 173 Å². The van der Waals surface area contributed by atoms with Crippen LogP contribution in [0, 0.1) is 11.4 Å². The summed E-state index contributed by atoms with van der Waals surface area (Å²) >= 11 is 0. The van der Waals surface area contributed by atoms with Gasteiger partial charge in [0.05, 0.1) is 18.0 Å². The lowest BCUT2D eigenvalue weighted by Crippen LogP contribution is -2.51. The highest BCUT2D eigenvalue weighted by atomic mass is 16.6. The van der Waals surface area contributed by atoms with Gasteiger partial charge < -0.3 is 25.2 Å². The number of amides is 3. The zero-order chi connectivity index (χ0) is 35.1. The summed E-state index contributed by atoms with van der Waals surface area (Å²) in [7, 11) is 0. The molecule has 14 nitrogen and oxygen atoms in total. The van der Waals surface area contributed by atoms with Crippen LogP contribution in [0.25, 0.3) is 11.4 Å². The third-order valence-electron chi connectivity index (χ3n) is 8.39. The molecule has 0 aliphatic carbocycles. The van der Waals surface area contributed by atoms with Crippen molar-refractivity contribution in [2.24, 2.45) is 11.0 Å². The molecule has 0 spiro atoms. The van der Waals surface area contributed by atoms with Crippen molar-refractivity contribution in [1.29, 1.82) is 5.53 Å². The van der Waals surface area contributed by atoms with Crippen LogP contribution in [0.15, 0.2) is 66.0 Å². The van der Waals surface area contributed by atoms with Gasteiger partial charge in [0.2, 0.25) is 17.7 Å². The fraction of sp³-hybridized carbons (Fsp3) is 0.429. The van der Waals surface area contributed by atoms with Crippen LogP contribution < -0.4 is 15.5 Å². The van der Waals surface area contributed by atoms with E-state index < -0.39 is 23.6 Å². The van der Waals surface area contributed by atoms with Crippen LogP contribution in [0.5, 0.6) is 0 Å². The maximum atomic E-state index is 13.3. The van der Waals surface area contributed by atoms with E-state index in [0.29, 0.717) is 44.1 Å². The first kappa shape index (κ1) is 35.1. The fourth-order valence-electron chi connectivity index (χ4n) is 5.97. The SMILES string of the molecule is CC(=O)NC(N=N)c1cc(NC(=O)[C@@H]2CCN(CC(=O)N3CCN(c4ccc(-c5ncccn5)cc4)CC3)C2)ccc1C(=O)OC(C)(C)C. The second kappa shape index (κ2) is 15.3. The molecule has 1 unspecified atom stereocenters. The molecule has 3 N–H and O–H groups in total. The summed E-state index contributed by atoms with van der Waals surface area (Å²) in [5.41, 5.74) is 9.65. The van der Waals surface area contributed by atoms with Crippen molar-refractivity contribution in [3.63, 3.8) is 0 Å². The van der Waals surface area contributed by atoms with E-state index in [9.17, 15) is 19.2 Å². The Morgan fingerprint density at radius 3 is 2.33 bits per heavy atom. The molecule has 49 heavy (non-hydrogen) atoms. The van der Waals surface area contributed by atoms with Crippen molar-refractivity contribution in [1.82, 2.24) is 25.1 Å². The quantitative estimate of drug-likeness (QED) is 0.214. The van der Waals surface area contributed by atoms with Crippen molar-refractivity contribution in [3.05, 3.63) is 72.1 Å². The van der Waals surface area contributed by atoms with Crippen LogP contribution in [0.1, 0.15) is 56.2 Å².